The minimum absolute atomic E-state index is 0.168. The average molecular weight is 234 g/mol. The van der Waals surface area contributed by atoms with Crippen molar-refractivity contribution in [2.75, 3.05) is 26.4 Å². The molecule has 0 saturated carbocycles. The van der Waals surface area contributed by atoms with Crippen molar-refractivity contribution in [3.63, 3.8) is 0 Å². The van der Waals surface area contributed by atoms with Gasteiger partial charge in [0, 0.05) is 0 Å². The summed E-state index contributed by atoms with van der Waals surface area (Å²) in [4.78, 5) is 0. The smallest absolute Gasteiger partial charge is 0.402 e. The Balaban J connectivity index is 3.21. The van der Waals surface area contributed by atoms with Gasteiger partial charge >= 0.3 is 7.32 Å². The number of hydrogen-bond donors (Lipinski definition) is 1. The Morgan fingerprint density at radius 3 is 1.50 bits per heavy atom. The van der Waals surface area contributed by atoms with Crippen LogP contribution in [0, 0.1) is 0 Å². The standard InChI is InChI=1S/C10H23BO5/c1-9(2)13-5-7-15-11(12)16-8-6-14-10(3)4/h9-10,12H,5-8H2,1-4H3. The molecule has 6 heteroatoms. The lowest BCUT2D eigenvalue weighted by molar-refractivity contribution is 0.0194. The third-order valence-electron chi connectivity index (χ3n) is 1.59. The van der Waals surface area contributed by atoms with E-state index < -0.39 is 7.32 Å². The first-order valence-electron chi connectivity index (χ1n) is 5.67. The molecule has 0 aromatic heterocycles. The zero-order valence-electron chi connectivity index (χ0n) is 10.6. The maximum atomic E-state index is 9.22. The summed E-state index contributed by atoms with van der Waals surface area (Å²) in [5.41, 5.74) is 0. The summed E-state index contributed by atoms with van der Waals surface area (Å²) in [5.74, 6) is 0. The topological polar surface area (TPSA) is 57.2 Å². The third-order valence-corrected chi connectivity index (χ3v) is 1.59. The Kier molecular flexibility index (Phi) is 9.96. The number of ether oxygens (including phenoxy) is 2. The van der Waals surface area contributed by atoms with E-state index in [4.69, 9.17) is 18.8 Å². The van der Waals surface area contributed by atoms with E-state index in [2.05, 4.69) is 0 Å². The molecule has 0 fully saturated rings. The van der Waals surface area contributed by atoms with Gasteiger partial charge in [0.15, 0.2) is 0 Å². The van der Waals surface area contributed by atoms with Crippen LogP contribution >= 0.6 is 0 Å². The van der Waals surface area contributed by atoms with Crippen LogP contribution in [-0.2, 0) is 18.8 Å². The summed E-state index contributed by atoms with van der Waals surface area (Å²) < 4.78 is 20.4. The fourth-order valence-electron chi connectivity index (χ4n) is 0.914. The highest BCUT2D eigenvalue weighted by Gasteiger charge is 2.14. The van der Waals surface area contributed by atoms with Crippen molar-refractivity contribution in [3.05, 3.63) is 0 Å². The van der Waals surface area contributed by atoms with Gasteiger partial charge in [0.25, 0.3) is 0 Å². The highest BCUT2D eigenvalue weighted by Crippen LogP contribution is 1.91. The Hall–Kier alpha value is -0.135. The quantitative estimate of drug-likeness (QED) is 0.448. The molecule has 0 unspecified atom stereocenters. The van der Waals surface area contributed by atoms with Crippen LogP contribution in [0.2, 0.25) is 0 Å². The highest BCUT2D eigenvalue weighted by molar-refractivity contribution is 6.34. The van der Waals surface area contributed by atoms with Crippen LogP contribution in [0.4, 0.5) is 0 Å². The Labute approximate surface area is 98.2 Å². The molecule has 0 saturated heterocycles. The molecule has 0 aromatic rings. The van der Waals surface area contributed by atoms with Gasteiger partial charge in [-0.25, -0.2) is 0 Å². The molecular formula is C10H23BO5. The number of hydrogen-bond acceptors (Lipinski definition) is 5. The molecule has 0 amide bonds. The van der Waals surface area contributed by atoms with E-state index in [-0.39, 0.29) is 12.2 Å². The molecule has 0 spiro atoms. The lowest BCUT2D eigenvalue weighted by Crippen LogP contribution is -2.27. The van der Waals surface area contributed by atoms with Crippen LogP contribution in [0.15, 0.2) is 0 Å². The Bertz CT molecular complexity index is 138. The first-order valence-corrected chi connectivity index (χ1v) is 5.67. The summed E-state index contributed by atoms with van der Waals surface area (Å²) in [6, 6.07) is 0. The van der Waals surface area contributed by atoms with E-state index in [1.54, 1.807) is 0 Å². The molecule has 1 N–H and O–H groups in total. The van der Waals surface area contributed by atoms with Crippen molar-refractivity contribution in [2.24, 2.45) is 0 Å². The molecule has 0 aliphatic heterocycles. The SMILES string of the molecule is CC(C)OCCOB(O)OCCOC(C)C. The minimum atomic E-state index is -1.20. The van der Waals surface area contributed by atoms with Crippen LogP contribution in [0.5, 0.6) is 0 Å². The van der Waals surface area contributed by atoms with Gasteiger partial charge < -0.3 is 23.8 Å². The first-order chi connectivity index (χ1) is 7.52. The van der Waals surface area contributed by atoms with E-state index in [1.165, 1.54) is 0 Å². The van der Waals surface area contributed by atoms with Gasteiger partial charge in [0.2, 0.25) is 0 Å². The van der Waals surface area contributed by atoms with Crippen molar-refractivity contribution >= 4 is 7.32 Å². The molecule has 0 aliphatic rings. The fourth-order valence-corrected chi connectivity index (χ4v) is 0.914. The van der Waals surface area contributed by atoms with Crippen LogP contribution in [0.3, 0.4) is 0 Å². The fraction of sp³-hybridized carbons (Fsp3) is 1.00. The van der Waals surface area contributed by atoms with Crippen LogP contribution in [0.25, 0.3) is 0 Å². The molecular weight excluding hydrogens is 211 g/mol. The van der Waals surface area contributed by atoms with Crippen LogP contribution in [-0.4, -0.2) is 51.0 Å². The van der Waals surface area contributed by atoms with Crippen molar-refractivity contribution in [3.8, 4) is 0 Å². The van der Waals surface area contributed by atoms with E-state index in [9.17, 15) is 5.02 Å². The predicted molar refractivity (Wildman–Crippen MR) is 62.1 cm³/mol. The van der Waals surface area contributed by atoms with Gasteiger partial charge in [-0.3, -0.25) is 0 Å². The molecule has 0 atom stereocenters. The van der Waals surface area contributed by atoms with Gasteiger partial charge in [-0.1, -0.05) is 0 Å². The maximum Gasteiger partial charge on any atom is 0.636 e. The summed E-state index contributed by atoms with van der Waals surface area (Å²) in [7, 11) is -1.20. The summed E-state index contributed by atoms with van der Waals surface area (Å²) in [6.07, 6.45) is 0.335. The van der Waals surface area contributed by atoms with Crippen molar-refractivity contribution in [2.45, 2.75) is 39.9 Å². The van der Waals surface area contributed by atoms with Crippen molar-refractivity contribution in [1.82, 2.24) is 0 Å². The normalized spacial score (nSPS) is 11.4. The maximum absolute atomic E-state index is 9.22. The van der Waals surface area contributed by atoms with Gasteiger partial charge in [-0.05, 0) is 27.7 Å². The lowest BCUT2D eigenvalue weighted by Gasteiger charge is -2.11. The monoisotopic (exact) mass is 234 g/mol. The lowest BCUT2D eigenvalue weighted by atomic mass is 10.2. The highest BCUT2D eigenvalue weighted by atomic mass is 16.7. The Morgan fingerprint density at radius 2 is 1.19 bits per heavy atom. The largest absolute Gasteiger partial charge is 0.636 e. The first kappa shape index (κ1) is 15.9. The molecule has 0 heterocycles. The van der Waals surface area contributed by atoms with E-state index in [1.807, 2.05) is 27.7 Å². The van der Waals surface area contributed by atoms with Crippen LogP contribution < -0.4 is 0 Å². The second-order valence-electron chi connectivity index (χ2n) is 3.89. The average Bonchev–Trinajstić information content (AvgIpc) is 2.19. The second kappa shape index (κ2) is 10.0. The molecule has 0 bridgehead atoms. The second-order valence-corrected chi connectivity index (χ2v) is 3.89. The van der Waals surface area contributed by atoms with Crippen LogP contribution in [0.1, 0.15) is 27.7 Å². The van der Waals surface area contributed by atoms with Crippen molar-refractivity contribution in [1.29, 1.82) is 0 Å². The van der Waals surface area contributed by atoms with E-state index in [0.717, 1.165) is 0 Å². The minimum Gasteiger partial charge on any atom is -0.402 e. The molecule has 0 aromatic carbocycles. The molecule has 0 rings (SSSR count). The summed E-state index contributed by atoms with van der Waals surface area (Å²) >= 11 is 0. The molecule has 0 aliphatic carbocycles. The van der Waals surface area contributed by atoms with Gasteiger partial charge in [0.05, 0.1) is 38.6 Å². The van der Waals surface area contributed by atoms with Gasteiger partial charge in [0.1, 0.15) is 0 Å². The van der Waals surface area contributed by atoms with Gasteiger partial charge in [-0.2, -0.15) is 0 Å². The summed E-state index contributed by atoms with van der Waals surface area (Å²) in [6.45, 7) is 9.27. The molecule has 16 heavy (non-hydrogen) atoms. The third kappa shape index (κ3) is 11.9. The van der Waals surface area contributed by atoms with E-state index >= 15 is 0 Å². The van der Waals surface area contributed by atoms with Gasteiger partial charge in [-0.15, -0.1) is 0 Å². The molecule has 96 valence electrons. The van der Waals surface area contributed by atoms with E-state index in [0.29, 0.717) is 26.4 Å². The molecule has 0 radical (unpaired) electrons. The zero-order chi connectivity index (χ0) is 12.4. The van der Waals surface area contributed by atoms with Crippen molar-refractivity contribution < 1.29 is 23.8 Å². The Morgan fingerprint density at radius 1 is 0.812 bits per heavy atom. The molecule has 5 nitrogen and oxygen atoms in total. The summed E-state index contributed by atoms with van der Waals surface area (Å²) in [5, 5.41) is 9.22. The number of rotatable bonds is 10. The zero-order valence-corrected chi connectivity index (χ0v) is 10.6. The predicted octanol–water partition coefficient (Wildman–Crippen LogP) is 0.847.